The van der Waals surface area contributed by atoms with Gasteiger partial charge in [-0.25, -0.2) is 4.98 Å². The highest BCUT2D eigenvalue weighted by Crippen LogP contribution is 2.16. The Kier molecular flexibility index (Phi) is 4.63. The molecule has 2 rings (SSSR count). The largest absolute Gasteiger partial charge is 0.478 e. The van der Waals surface area contributed by atoms with Gasteiger partial charge in [0.1, 0.15) is 0 Å². The van der Waals surface area contributed by atoms with E-state index in [1.807, 2.05) is 36.4 Å². The lowest BCUT2D eigenvalue weighted by atomic mass is 10.2. The first kappa shape index (κ1) is 12.2. The normalized spacial score (nSPS) is 10.6. The van der Waals surface area contributed by atoms with Crippen molar-refractivity contribution >= 4 is 22.5 Å². The summed E-state index contributed by atoms with van der Waals surface area (Å²) in [5, 5.41) is 1.14. The summed E-state index contributed by atoms with van der Waals surface area (Å²) in [7, 11) is 0. The zero-order valence-electron chi connectivity index (χ0n) is 9.73. The molecule has 0 aliphatic heterocycles. The van der Waals surface area contributed by atoms with Crippen molar-refractivity contribution in [2.24, 2.45) is 0 Å². The predicted octanol–water partition coefficient (Wildman–Crippen LogP) is 4.02. The Hall–Kier alpha value is -1.28. The van der Waals surface area contributed by atoms with Crippen LogP contribution in [-0.4, -0.2) is 17.5 Å². The fourth-order valence-electron chi connectivity index (χ4n) is 1.68. The zero-order chi connectivity index (χ0) is 11.9. The number of pyridine rings is 1. The van der Waals surface area contributed by atoms with Gasteiger partial charge in [0, 0.05) is 17.3 Å². The second-order valence-corrected chi connectivity index (χ2v) is 4.32. The third kappa shape index (κ3) is 3.60. The van der Waals surface area contributed by atoms with Gasteiger partial charge in [-0.3, -0.25) is 0 Å². The number of rotatable bonds is 6. The van der Waals surface area contributed by atoms with Crippen molar-refractivity contribution in [3.8, 4) is 5.88 Å². The summed E-state index contributed by atoms with van der Waals surface area (Å²) in [6.45, 7) is 0.711. The van der Waals surface area contributed by atoms with Gasteiger partial charge in [0.05, 0.1) is 12.1 Å². The number of para-hydroxylation sites is 1. The first-order valence-electron chi connectivity index (χ1n) is 5.95. The third-order valence-corrected chi connectivity index (χ3v) is 2.87. The molecule has 1 aromatic carbocycles. The highest BCUT2D eigenvalue weighted by molar-refractivity contribution is 6.17. The van der Waals surface area contributed by atoms with Gasteiger partial charge in [-0.05, 0) is 31.4 Å². The quantitative estimate of drug-likeness (QED) is 0.570. The molecule has 0 aliphatic carbocycles. The molecule has 0 saturated carbocycles. The molecule has 0 unspecified atom stereocenters. The molecule has 2 aromatic rings. The van der Waals surface area contributed by atoms with Crippen LogP contribution in [-0.2, 0) is 0 Å². The topological polar surface area (TPSA) is 22.1 Å². The van der Waals surface area contributed by atoms with Gasteiger partial charge in [-0.15, -0.1) is 11.6 Å². The summed E-state index contributed by atoms with van der Waals surface area (Å²) in [5.74, 6) is 1.43. The van der Waals surface area contributed by atoms with Crippen molar-refractivity contribution < 1.29 is 4.74 Å². The van der Waals surface area contributed by atoms with E-state index in [2.05, 4.69) is 4.98 Å². The van der Waals surface area contributed by atoms with Crippen molar-refractivity contribution in [3.63, 3.8) is 0 Å². The number of ether oxygens (including phenoxy) is 1. The molecule has 0 atom stereocenters. The highest BCUT2D eigenvalue weighted by atomic mass is 35.5. The van der Waals surface area contributed by atoms with E-state index >= 15 is 0 Å². The lowest BCUT2D eigenvalue weighted by Crippen LogP contribution is -1.99. The molecule has 1 aromatic heterocycles. The van der Waals surface area contributed by atoms with Crippen LogP contribution in [0.3, 0.4) is 0 Å². The van der Waals surface area contributed by atoms with Crippen LogP contribution in [0.1, 0.15) is 19.3 Å². The number of alkyl halides is 1. The second-order valence-electron chi connectivity index (χ2n) is 3.94. The summed E-state index contributed by atoms with van der Waals surface area (Å²) in [5.41, 5.74) is 0.978. The number of fused-ring (bicyclic) bond motifs is 1. The second kappa shape index (κ2) is 6.45. The summed E-state index contributed by atoms with van der Waals surface area (Å²) < 4.78 is 5.61. The van der Waals surface area contributed by atoms with Crippen LogP contribution < -0.4 is 4.74 Å². The molecule has 17 heavy (non-hydrogen) atoms. The fraction of sp³-hybridized carbons (Fsp3) is 0.357. The molecule has 0 fully saturated rings. The molecule has 0 aliphatic rings. The number of benzene rings is 1. The zero-order valence-corrected chi connectivity index (χ0v) is 10.5. The first-order chi connectivity index (χ1) is 8.40. The van der Waals surface area contributed by atoms with Gasteiger partial charge in [0.2, 0.25) is 5.88 Å². The minimum atomic E-state index is 0.703. The minimum Gasteiger partial charge on any atom is -0.478 e. The SMILES string of the molecule is ClCCCCCOc1ccc2ccccc2n1. The van der Waals surface area contributed by atoms with Gasteiger partial charge in [0.15, 0.2) is 0 Å². The van der Waals surface area contributed by atoms with Crippen LogP contribution >= 0.6 is 11.6 Å². The summed E-state index contributed by atoms with van der Waals surface area (Å²) in [6, 6.07) is 12.0. The van der Waals surface area contributed by atoms with Crippen LogP contribution in [0.2, 0.25) is 0 Å². The number of hydrogen-bond donors (Lipinski definition) is 0. The standard InChI is InChI=1S/C14H16ClNO/c15-10-4-1-5-11-17-14-9-8-12-6-2-3-7-13(12)16-14/h2-3,6-9H,1,4-5,10-11H2. The molecule has 0 bridgehead atoms. The Morgan fingerprint density at radius 2 is 1.88 bits per heavy atom. The van der Waals surface area contributed by atoms with Gasteiger partial charge in [0.25, 0.3) is 0 Å². The molecular formula is C14H16ClNO. The van der Waals surface area contributed by atoms with E-state index in [0.29, 0.717) is 12.5 Å². The number of nitrogens with zero attached hydrogens (tertiary/aromatic N) is 1. The van der Waals surface area contributed by atoms with Crippen molar-refractivity contribution in [2.45, 2.75) is 19.3 Å². The molecule has 2 nitrogen and oxygen atoms in total. The van der Waals surface area contributed by atoms with E-state index in [9.17, 15) is 0 Å². The molecule has 0 spiro atoms. The van der Waals surface area contributed by atoms with E-state index in [-0.39, 0.29) is 0 Å². The lowest BCUT2D eigenvalue weighted by Gasteiger charge is -2.05. The van der Waals surface area contributed by atoms with Crippen molar-refractivity contribution in [3.05, 3.63) is 36.4 Å². The van der Waals surface area contributed by atoms with Crippen molar-refractivity contribution in [1.82, 2.24) is 4.98 Å². The number of aromatic nitrogens is 1. The summed E-state index contributed by atoms with van der Waals surface area (Å²) >= 11 is 5.61. The molecule has 1 heterocycles. The van der Waals surface area contributed by atoms with Crippen LogP contribution in [0, 0.1) is 0 Å². The van der Waals surface area contributed by atoms with E-state index in [1.54, 1.807) is 0 Å². The van der Waals surface area contributed by atoms with Crippen molar-refractivity contribution in [1.29, 1.82) is 0 Å². The van der Waals surface area contributed by atoms with Crippen LogP contribution in [0.5, 0.6) is 5.88 Å². The maximum atomic E-state index is 5.61. The molecule has 0 amide bonds. The van der Waals surface area contributed by atoms with Crippen LogP contribution in [0.15, 0.2) is 36.4 Å². The van der Waals surface area contributed by atoms with Crippen molar-refractivity contribution in [2.75, 3.05) is 12.5 Å². The number of unbranched alkanes of at least 4 members (excludes halogenated alkanes) is 2. The minimum absolute atomic E-state index is 0.703. The van der Waals surface area contributed by atoms with Crippen LogP contribution in [0.25, 0.3) is 10.9 Å². The molecule has 0 saturated heterocycles. The number of halogens is 1. The maximum Gasteiger partial charge on any atom is 0.213 e. The van der Waals surface area contributed by atoms with E-state index in [0.717, 1.165) is 36.0 Å². The average molecular weight is 250 g/mol. The van der Waals surface area contributed by atoms with E-state index < -0.39 is 0 Å². The molecule has 0 radical (unpaired) electrons. The Labute approximate surface area is 107 Å². The third-order valence-electron chi connectivity index (χ3n) is 2.60. The summed E-state index contributed by atoms with van der Waals surface area (Å²) in [4.78, 5) is 4.44. The maximum absolute atomic E-state index is 5.61. The Morgan fingerprint density at radius 1 is 1.00 bits per heavy atom. The Balaban J connectivity index is 1.90. The van der Waals surface area contributed by atoms with Gasteiger partial charge in [-0.1, -0.05) is 18.2 Å². The fourth-order valence-corrected chi connectivity index (χ4v) is 1.87. The molecular weight excluding hydrogens is 234 g/mol. The van der Waals surface area contributed by atoms with Gasteiger partial charge in [-0.2, -0.15) is 0 Å². The average Bonchev–Trinajstić information content (AvgIpc) is 2.38. The smallest absolute Gasteiger partial charge is 0.213 e. The Bertz CT molecular complexity index is 472. The molecule has 90 valence electrons. The molecule has 0 N–H and O–H groups in total. The lowest BCUT2D eigenvalue weighted by molar-refractivity contribution is 0.296. The van der Waals surface area contributed by atoms with Gasteiger partial charge >= 0.3 is 0 Å². The van der Waals surface area contributed by atoms with Crippen LogP contribution in [0.4, 0.5) is 0 Å². The highest BCUT2D eigenvalue weighted by Gasteiger charge is 1.98. The van der Waals surface area contributed by atoms with E-state index in [1.165, 1.54) is 0 Å². The summed E-state index contributed by atoms with van der Waals surface area (Å²) in [6.07, 6.45) is 3.19. The number of hydrogen-bond acceptors (Lipinski definition) is 2. The predicted molar refractivity (Wildman–Crippen MR) is 71.8 cm³/mol. The van der Waals surface area contributed by atoms with Gasteiger partial charge < -0.3 is 4.74 Å². The van der Waals surface area contributed by atoms with E-state index in [4.69, 9.17) is 16.3 Å². The molecule has 3 heteroatoms. The Morgan fingerprint density at radius 3 is 2.76 bits per heavy atom. The monoisotopic (exact) mass is 249 g/mol. The first-order valence-corrected chi connectivity index (χ1v) is 6.48.